The Labute approximate surface area is 297 Å². The number of halogens is 2. The first-order valence-corrected chi connectivity index (χ1v) is 17.5. The van der Waals surface area contributed by atoms with E-state index in [1.807, 2.05) is 73.3 Å². The van der Waals surface area contributed by atoms with Crippen LogP contribution in [0.1, 0.15) is 48.1 Å². The third kappa shape index (κ3) is 13.0. The normalized spacial score (nSPS) is 17.5. The van der Waals surface area contributed by atoms with E-state index in [0.717, 1.165) is 41.1 Å². The highest BCUT2D eigenvalue weighted by molar-refractivity contribution is 6.42. The van der Waals surface area contributed by atoms with Crippen molar-refractivity contribution in [2.75, 3.05) is 60.0 Å². The number of likely N-dealkylation sites (tertiary alicyclic amines) is 1. The summed E-state index contributed by atoms with van der Waals surface area (Å²) >= 11 is 12.6. The Balaban J connectivity index is 0.000000480. The molecule has 1 aliphatic rings. The second-order valence-electron chi connectivity index (χ2n) is 13.2. The van der Waals surface area contributed by atoms with Crippen LogP contribution in [-0.4, -0.2) is 103 Å². The summed E-state index contributed by atoms with van der Waals surface area (Å²) < 4.78 is 6.24. The summed E-state index contributed by atoms with van der Waals surface area (Å²) in [4.78, 5) is 20.1. The zero-order chi connectivity index (χ0) is 35.2. The Kier molecular flexibility index (Phi) is 16.6. The standard InChI is InChI=1S/C29H42Cl2N4O2.C9H12O2/c1-20-12-21(2)15-25(14-20)37-19-28(23-6-7-26(30)27(31)16-23)35(11-9-32)29(36)8-10-33(4)18-24-13-22(3)17-34(24)5;10-7-9(11)6-8-4-2-1-3-5-8/h6-7,12,14-16,22,24,28H,8-11,13,17-19,32H2,1-5H3;1-5,9-11H,6-7H2/t22?,24-,28?;9-/m10/s1. The van der Waals surface area contributed by atoms with E-state index in [0.29, 0.717) is 54.5 Å². The second-order valence-corrected chi connectivity index (χ2v) is 14.0. The third-order valence-electron chi connectivity index (χ3n) is 8.65. The van der Waals surface area contributed by atoms with Crippen molar-refractivity contribution < 1.29 is 19.7 Å². The van der Waals surface area contributed by atoms with Gasteiger partial charge in [0.15, 0.2) is 0 Å². The van der Waals surface area contributed by atoms with Crippen LogP contribution in [-0.2, 0) is 11.2 Å². The minimum absolute atomic E-state index is 0.0468. The summed E-state index contributed by atoms with van der Waals surface area (Å²) in [5, 5.41) is 18.5. The Hall–Kier alpha value is -2.69. The quantitative estimate of drug-likeness (QED) is 0.185. The molecule has 0 saturated carbocycles. The van der Waals surface area contributed by atoms with Crippen molar-refractivity contribution in [3.8, 4) is 5.75 Å². The van der Waals surface area contributed by atoms with Crippen molar-refractivity contribution in [3.63, 3.8) is 0 Å². The van der Waals surface area contributed by atoms with Gasteiger partial charge in [0.1, 0.15) is 12.4 Å². The average molecular weight is 702 g/mol. The van der Waals surface area contributed by atoms with Crippen LogP contribution < -0.4 is 10.5 Å². The molecule has 1 aliphatic heterocycles. The van der Waals surface area contributed by atoms with Crippen LogP contribution in [0.15, 0.2) is 66.7 Å². The molecular formula is C38H54Cl2N4O4. The van der Waals surface area contributed by atoms with E-state index in [-0.39, 0.29) is 25.2 Å². The summed E-state index contributed by atoms with van der Waals surface area (Å²) in [5.74, 6) is 1.54. The molecule has 0 radical (unpaired) electrons. The molecule has 4 rings (SSSR count). The zero-order valence-corrected chi connectivity index (χ0v) is 30.6. The monoisotopic (exact) mass is 700 g/mol. The zero-order valence-electron chi connectivity index (χ0n) is 29.1. The summed E-state index contributed by atoms with van der Waals surface area (Å²) in [6.45, 7) is 10.0. The van der Waals surface area contributed by atoms with Crippen LogP contribution >= 0.6 is 23.2 Å². The fourth-order valence-electron chi connectivity index (χ4n) is 6.28. The molecule has 4 atom stereocenters. The molecule has 0 spiro atoms. The Morgan fingerprint density at radius 2 is 1.73 bits per heavy atom. The van der Waals surface area contributed by atoms with Crippen molar-refractivity contribution in [1.29, 1.82) is 0 Å². The molecule has 1 saturated heterocycles. The lowest BCUT2D eigenvalue weighted by Gasteiger charge is -2.33. The molecule has 264 valence electrons. The highest BCUT2D eigenvalue weighted by Crippen LogP contribution is 2.30. The van der Waals surface area contributed by atoms with E-state index in [1.165, 1.54) is 6.42 Å². The molecule has 0 bridgehead atoms. The number of amides is 1. The number of hydrogen-bond donors (Lipinski definition) is 3. The number of hydrogen-bond acceptors (Lipinski definition) is 7. The van der Waals surface area contributed by atoms with Gasteiger partial charge in [0, 0.05) is 51.6 Å². The highest BCUT2D eigenvalue weighted by atomic mass is 35.5. The highest BCUT2D eigenvalue weighted by Gasteiger charge is 2.29. The first-order valence-electron chi connectivity index (χ1n) is 16.8. The fraction of sp³-hybridized carbons (Fsp3) is 0.500. The maximum atomic E-state index is 13.6. The van der Waals surface area contributed by atoms with Crippen molar-refractivity contribution in [2.24, 2.45) is 11.7 Å². The van der Waals surface area contributed by atoms with E-state index in [4.69, 9.17) is 43.9 Å². The van der Waals surface area contributed by atoms with E-state index in [9.17, 15) is 4.79 Å². The van der Waals surface area contributed by atoms with Gasteiger partial charge < -0.3 is 35.4 Å². The summed E-state index contributed by atoms with van der Waals surface area (Å²) in [7, 11) is 4.28. The van der Waals surface area contributed by atoms with Gasteiger partial charge in [-0.25, -0.2) is 0 Å². The Bertz CT molecular complexity index is 1390. The van der Waals surface area contributed by atoms with Crippen LogP contribution in [0.3, 0.4) is 0 Å². The molecule has 4 N–H and O–H groups in total. The lowest BCUT2D eigenvalue weighted by atomic mass is 10.0. The minimum atomic E-state index is -0.627. The largest absolute Gasteiger partial charge is 0.491 e. The number of nitrogens with zero attached hydrogens (tertiary/aromatic N) is 3. The minimum Gasteiger partial charge on any atom is -0.491 e. The molecule has 1 heterocycles. The molecule has 3 aromatic carbocycles. The van der Waals surface area contributed by atoms with Crippen LogP contribution in [0.4, 0.5) is 0 Å². The van der Waals surface area contributed by atoms with Gasteiger partial charge in [-0.05, 0) is 86.8 Å². The van der Waals surface area contributed by atoms with Gasteiger partial charge >= 0.3 is 0 Å². The van der Waals surface area contributed by atoms with Crippen molar-refractivity contribution in [2.45, 2.75) is 58.2 Å². The lowest BCUT2D eigenvalue weighted by Crippen LogP contribution is -2.43. The van der Waals surface area contributed by atoms with Gasteiger partial charge in [0.05, 0.1) is 28.8 Å². The molecule has 8 nitrogen and oxygen atoms in total. The molecule has 10 heteroatoms. The van der Waals surface area contributed by atoms with E-state index < -0.39 is 6.10 Å². The van der Waals surface area contributed by atoms with Gasteiger partial charge in [-0.3, -0.25) is 4.79 Å². The molecule has 1 fully saturated rings. The number of rotatable bonds is 15. The first kappa shape index (κ1) is 39.7. The number of carbonyl (C=O) groups excluding carboxylic acids is 1. The van der Waals surface area contributed by atoms with Gasteiger partial charge in [-0.2, -0.15) is 0 Å². The van der Waals surface area contributed by atoms with Crippen LogP contribution in [0.5, 0.6) is 5.75 Å². The van der Waals surface area contributed by atoms with Gasteiger partial charge in [-0.15, -0.1) is 0 Å². The van der Waals surface area contributed by atoms with E-state index in [1.54, 1.807) is 6.07 Å². The molecule has 2 unspecified atom stereocenters. The molecule has 3 aromatic rings. The molecule has 0 aliphatic carbocycles. The Morgan fingerprint density at radius 1 is 1.04 bits per heavy atom. The smallest absolute Gasteiger partial charge is 0.224 e. The summed E-state index contributed by atoms with van der Waals surface area (Å²) in [5.41, 5.74) is 10.2. The first-order chi connectivity index (χ1) is 22.9. The second kappa shape index (κ2) is 20.1. The molecule has 1 amide bonds. The topological polar surface area (TPSA) is 103 Å². The van der Waals surface area contributed by atoms with Crippen LogP contribution in [0.25, 0.3) is 0 Å². The third-order valence-corrected chi connectivity index (χ3v) is 9.39. The van der Waals surface area contributed by atoms with Crippen molar-refractivity contribution in [3.05, 3.63) is 99.0 Å². The van der Waals surface area contributed by atoms with Crippen LogP contribution in [0, 0.1) is 19.8 Å². The van der Waals surface area contributed by atoms with Crippen molar-refractivity contribution in [1.82, 2.24) is 14.7 Å². The van der Waals surface area contributed by atoms with Gasteiger partial charge in [0.2, 0.25) is 5.91 Å². The van der Waals surface area contributed by atoms with Crippen LogP contribution in [0.2, 0.25) is 10.0 Å². The molecule has 0 aromatic heterocycles. The number of nitrogens with two attached hydrogens (primary N) is 1. The molecular weight excluding hydrogens is 647 g/mol. The van der Waals surface area contributed by atoms with Gasteiger partial charge in [-0.1, -0.05) is 72.6 Å². The van der Waals surface area contributed by atoms with E-state index >= 15 is 0 Å². The fourth-order valence-corrected chi connectivity index (χ4v) is 6.58. The average Bonchev–Trinajstić information content (AvgIpc) is 3.36. The number of carbonyl (C=O) groups is 1. The predicted molar refractivity (Wildman–Crippen MR) is 197 cm³/mol. The maximum absolute atomic E-state index is 13.6. The lowest BCUT2D eigenvalue weighted by molar-refractivity contribution is -0.134. The predicted octanol–water partition coefficient (Wildman–Crippen LogP) is 5.76. The number of aryl methyl sites for hydroxylation is 2. The number of ether oxygens (including phenoxy) is 1. The maximum Gasteiger partial charge on any atom is 0.224 e. The Morgan fingerprint density at radius 3 is 2.31 bits per heavy atom. The number of aliphatic hydroxyl groups excluding tert-OH is 2. The van der Waals surface area contributed by atoms with Crippen molar-refractivity contribution >= 4 is 29.1 Å². The van der Waals surface area contributed by atoms with Gasteiger partial charge in [0.25, 0.3) is 0 Å². The summed E-state index contributed by atoms with van der Waals surface area (Å²) in [6.07, 6.45) is 1.50. The SMILES string of the molecule is Cc1cc(C)cc(OCC(c2ccc(Cl)c(Cl)c2)N(CCN)C(=O)CCN(C)C[C@H]2CC(C)CN2C)c1.OC[C@@H](O)Cc1ccccc1. The molecule has 48 heavy (non-hydrogen) atoms. The number of benzene rings is 3. The number of aliphatic hydroxyl groups is 2. The number of likely N-dealkylation sites (N-methyl/N-ethyl adjacent to an activating group) is 2. The van der Waals surface area contributed by atoms with E-state index in [2.05, 4.69) is 36.9 Å². The summed E-state index contributed by atoms with van der Waals surface area (Å²) in [6, 6.07) is 21.4.